The first kappa shape index (κ1) is 21.9. The summed E-state index contributed by atoms with van der Waals surface area (Å²) in [5.74, 6) is 2.14. The molecule has 0 aromatic heterocycles. The molecule has 0 heterocycles. The summed E-state index contributed by atoms with van der Waals surface area (Å²) in [6, 6.07) is 8.39. The van der Waals surface area contributed by atoms with E-state index in [1.165, 1.54) is 22.9 Å². The van der Waals surface area contributed by atoms with Gasteiger partial charge < -0.3 is 9.94 Å². The lowest BCUT2D eigenvalue weighted by Gasteiger charge is -2.55. The van der Waals surface area contributed by atoms with Gasteiger partial charge in [0.1, 0.15) is 0 Å². The molecule has 0 aliphatic heterocycles. The van der Waals surface area contributed by atoms with Crippen LogP contribution in [0.5, 0.6) is 0 Å². The molecule has 32 heavy (non-hydrogen) atoms. The van der Waals surface area contributed by atoms with Crippen molar-refractivity contribution in [3.8, 4) is 0 Å². The highest BCUT2D eigenvalue weighted by atomic mass is 35.5. The lowest BCUT2D eigenvalue weighted by molar-refractivity contribution is -0.114. The molecule has 1 N–H and O–H groups in total. The highest BCUT2D eigenvalue weighted by Gasteiger charge is 2.63. The number of rotatable bonds is 4. The highest BCUT2D eigenvalue weighted by molar-refractivity contribution is 6.18. The zero-order valence-electron chi connectivity index (χ0n) is 18.9. The number of hydrogen-bond acceptors (Lipinski definition) is 4. The fourth-order valence-electron chi connectivity index (χ4n) is 7.53. The van der Waals surface area contributed by atoms with Gasteiger partial charge in [-0.2, -0.15) is 0 Å². The Kier molecular flexibility index (Phi) is 5.58. The number of carbonyl (C=O) groups is 1. The van der Waals surface area contributed by atoms with Crippen LogP contribution in [0.1, 0.15) is 68.9 Å². The monoisotopic (exact) mass is 453 g/mol. The van der Waals surface area contributed by atoms with Crippen molar-refractivity contribution >= 4 is 23.6 Å². The SMILES string of the molecule is CO[C@@]1(CCl)CC[C@H]2[C@@H]3CCC4=CC(=O)CCC4=C3[C@@H](c3ccc(/C=N\O)cc3)C[C@@]21C. The van der Waals surface area contributed by atoms with Crippen LogP contribution in [-0.2, 0) is 9.53 Å². The Morgan fingerprint density at radius 2 is 2.00 bits per heavy atom. The molecule has 4 aliphatic carbocycles. The number of nitrogens with zero attached hydrogens (tertiary/aromatic N) is 1. The molecule has 5 heteroatoms. The van der Waals surface area contributed by atoms with Gasteiger partial charge in [0, 0.05) is 24.9 Å². The van der Waals surface area contributed by atoms with E-state index in [4.69, 9.17) is 21.5 Å². The van der Waals surface area contributed by atoms with Gasteiger partial charge in [0.05, 0.1) is 17.7 Å². The van der Waals surface area contributed by atoms with Crippen molar-refractivity contribution in [1.29, 1.82) is 0 Å². The van der Waals surface area contributed by atoms with Crippen LogP contribution in [0.4, 0.5) is 0 Å². The minimum absolute atomic E-state index is 0.000173. The van der Waals surface area contributed by atoms with Crippen molar-refractivity contribution in [3.63, 3.8) is 0 Å². The number of benzene rings is 1. The van der Waals surface area contributed by atoms with E-state index in [1.807, 2.05) is 25.3 Å². The summed E-state index contributed by atoms with van der Waals surface area (Å²) in [6.45, 7) is 2.41. The highest BCUT2D eigenvalue weighted by Crippen LogP contribution is 2.67. The average molecular weight is 454 g/mol. The minimum Gasteiger partial charge on any atom is -0.411 e. The van der Waals surface area contributed by atoms with Gasteiger partial charge >= 0.3 is 0 Å². The van der Waals surface area contributed by atoms with E-state index in [0.717, 1.165) is 44.1 Å². The van der Waals surface area contributed by atoms with Gasteiger partial charge in [-0.1, -0.05) is 41.9 Å². The molecular weight excluding hydrogens is 422 g/mol. The first-order valence-electron chi connectivity index (χ1n) is 11.8. The van der Waals surface area contributed by atoms with Gasteiger partial charge in [0.2, 0.25) is 0 Å². The van der Waals surface area contributed by atoms with Crippen LogP contribution in [0.2, 0.25) is 0 Å². The van der Waals surface area contributed by atoms with Crippen molar-refractivity contribution in [3.05, 3.63) is 58.2 Å². The number of carbonyl (C=O) groups excluding carboxylic acids is 1. The third-order valence-corrected chi connectivity index (χ3v) is 9.61. The van der Waals surface area contributed by atoms with Crippen molar-refractivity contribution < 1.29 is 14.7 Å². The summed E-state index contributed by atoms with van der Waals surface area (Å²) in [5.41, 5.74) is 6.17. The molecule has 2 saturated carbocycles. The van der Waals surface area contributed by atoms with E-state index in [-0.39, 0.29) is 22.7 Å². The van der Waals surface area contributed by atoms with E-state index in [1.54, 1.807) is 5.57 Å². The lowest BCUT2D eigenvalue weighted by Crippen LogP contribution is -2.53. The third-order valence-electron chi connectivity index (χ3n) is 9.18. The van der Waals surface area contributed by atoms with Crippen LogP contribution in [0, 0.1) is 17.3 Å². The Hall–Kier alpha value is -1.91. The van der Waals surface area contributed by atoms with Gasteiger partial charge in [-0.05, 0) is 78.7 Å². The quantitative estimate of drug-likeness (QED) is 0.262. The Balaban J connectivity index is 1.66. The largest absolute Gasteiger partial charge is 0.411 e. The summed E-state index contributed by atoms with van der Waals surface area (Å²) >= 11 is 6.60. The molecule has 0 radical (unpaired) electrons. The fraction of sp³-hybridized carbons (Fsp3) is 0.556. The molecule has 1 aromatic rings. The van der Waals surface area contributed by atoms with E-state index >= 15 is 0 Å². The molecule has 4 aliphatic rings. The third kappa shape index (κ3) is 3.13. The van der Waals surface area contributed by atoms with Crippen molar-refractivity contribution in [2.75, 3.05) is 13.0 Å². The van der Waals surface area contributed by atoms with E-state index in [0.29, 0.717) is 24.1 Å². The van der Waals surface area contributed by atoms with Crippen LogP contribution in [0.3, 0.4) is 0 Å². The van der Waals surface area contributed by atoms with E-state index in [2.05, 4.69) is 24.2 Å². The first-order valence-corrected chi connectivity index (χ1v) is 12.3. The summed E-state index contributed by atoms with van der Waals surface area (Å²) in [6.07, 6.45) is 10.1. The molecule has 5 atom stereocenters. The fourth-order valence-corrected chi connectivity index (χ4v) is 8.08. The van der Waals surface area contributed by atoms with Crippen LogP contribution in [-0.4, -0.2) is 35.8 Å². The predicted octanol–water partition coefficient (Wildman–Crippen LogP) is 6.02. The summed E-state index contributed by atoms with van der Waals surface area (Å²) in [4.78, 5) is 12.2. The lowest BCUT2D eigenvalue weighted by atomic mass is 9.51. The molecule has 5 rings (SSSR count). The number of fused-ring (bicyclic) bond motifs is 4. The van der Waals surface area contributed by atoms with Crippen LogP contribution >= 0.6 is 11.6 Å². The predicted molar refractivity (Wildman–Crippen MR) is 127 cm³/mol. The molecule has 0 saturated heterocycles. The van der Waals surface area contributed by atoms with Gasteiger partial charge in [-0.3, -0.25) is 4.79 Å². The first-order chi connectivity index (χ1) is 15.5. The maximum atomic E-state index is 12.2. The molecular formula is C27H32ClNO3. The maximum absolute atomic E-state index is 12.2. The molecule has 0 unspecified atom stereocenters. The second-order valence-corrected chi connectivity index (χ2v) is 10.5. The Bertz CT molecular complexity index is 1000. The summed E-state index contributed by atoms with van der Waals surface area (Å²) < 4.78 is 6.21. The van der Waals surface area contributed by atoms with Gasteiger partial charge in [0.25, 0.3) is 0 Å². The number of methoxy groups -OCH3 is 1. The minimum atomic E-state index is -0.296. The Labute approximate surface area is 195 Å². The van der Waals surface area contributed by atoms with Crippen LogP contribution < -0.4 is 0 Å². The topological polar surface area (TPSA) is 58.9 Å². The summed E-state index contributed by atoms with van der Waals surface area (Å²) in [5, 5.41) is 12.1. The molecule has 0 bridgehead atoms. The van der Waals surface area contributed by atoms with E-state index < -0.39 is 0 Å². The zero-order valence-corrected chi connectivity index (χ0v) is 19.7. The van der Waals surface area contributed by atoms with Gasteiger partial charge in [-0.15, -0.1) is 11.6 Å². The number of ketones is 1. The van der Waals surface area contributed by atoms with Gasteiger partial charge in [-0.25, -0.2) is 0 Å². The van der Waals surface area contributed by atoms with Crippen LogP contribution in [0.15, 0.2) is 52.2 Å². The Morgan fingerprint density at radius 3 is 2.69 bits per heavy atom. The number of oxime groups is 1. The average Bonchev–Trinajstić information content (AvgIpc) is 3.11. The standard InChI is InChI=1S/C27H32ClNO3/c1-26-14-23(18-5-3-17(4-6-18)15-29-31)25-21-10-8-20(30)13-19(21)7-9-22(25)24(26)11-12-27(26,16-28)32-2/h3-6,13,15,22-24,31H,7-12,14,16H2,1-2H3/b29-15-/t22-,23+,24-,26-,27+/m0/s1. The number of hydrogen-bond donors (Lipinski definition) is 1. The maximum Gasteiger partial charge on any atom is 0.156 e. The second-order valence-electron chi connectivity index (χ2n) is 10.3. The molecule has 1 aromatic carbocycles. The molecule has 2 fully saturated rings. The van der Waals surface area contributed by atoms with Crippen molar-refractivity contribution in [2.45, 2.75) is 63.4 Å². The smallest absolute Gasteiger partial charge is 0.156 e. The molecule has 170 valence electrons. The zero-order chi connectivity index (χ0) is 22.5. The summed E-state index contributed by atoms with van der Waals surface area (Å²) in [7, 11) is 1.83. The number of allylic oxidation sites excluding steroid dienone is 4. The second kappa shape index (κ2) is 8.14. The normalized spacial score (nSPS) is 36.7. The van der Waals surface area contributed by atoms with Gasteiger partial charge in [0.15, 0.2) is 5.78 Å². The molecule has 0 amide bonds. The Morgan fingerprint density at radius 1 is 1.22 bits per heavy atom. The van der Waals surface area contributed by atoms with Crippen LogP contribution in [0.25, 0.3) is 0 Å². The van der Waals surface area contributed by atoms with E-state index in [9.17, 15) is 4.79 Å². The number of ether oxygens (including phenoxy) is 1. The van der Waals surface area contributed by atoms with Crippen molar-refractivity contribution in [1.82, 2.24) is 0 Å². The molecule has 4 nitrogen and oxygen atoms in total. The number of alkyl halides is 1. The molecule has 0 spiro atoms. The van der Waals surface area contributed by atoms with Crippen molar-refractivity contribution in [2.24, 2.45) is 22.4 Å². The number of halogens is 1.